The van der Waals surface area contributed by atoms with Crippen molar-refractivity contribution in [1.29, 1.82) is 0 Å². The van der Waals surface area contributed by atoms with Gasteiger partial charge >= 0.3 is 0 Å². The molecule has 24 heavy (non-hydrogen) atoms. The number of amides is 1. The Bertz CT molecular complexity index is 803. The monoisotopic (exact) mass is 350 g/mol. The van der Waals surface area contributed by atoms with E-state index in [1.54, 1.807) is 12.4 Å². The lowest BCUT2D eigenvalue weighted by Crippen LogP contribution is -2.29. The van der Waals surface area contributed by atoms with Crippen molar-refractivity contribution in [3.05, 3.63) is 48.0 Å². The van der Waals surface area contributed by atoms with Crippen molar-refractivity contribution in [3.63, 3.8) is 0 Å². The predicted molar refractivity (Wildman–Crippen MR) is 85.6 cm³/mol. The highest BCUT2D eigenvalue weighted by atomic mass is 32.2. The third kappa shape index (κ3) is 3.48. The quantitative estimate of drug-likeness (QED) is 0.707. The SMILES string of the molecule is O=C(NCc1ncc[nH]1)c1ccc(S(=O)(=O)N2CC[C@@H](O)C2)cc1. The van der Waals surface area contributed by atoms with Crippen LogP contribution in [0.2, 0.25) is 0 Å². The normalized spacial score (nSPS) is 18.6. The number of aliphatic hydroxyl groups excluding tert-OH is 1. The number of β-amino-alcohol motifs (C(OH)–C–C–N with tert-alkyl or cyclic N) is 1. The number of carbonyl (C=O) groups is 1. The van der Waals surface area contributed by atoms with Crippen molar-refractivity contribution in [1.82, 2.24) is 19.6 Å². The van der Waals surface area contributed by atoms with E-state index >= 15 is 0 Å². The second kappa shape index (κ2) is 6.71. The summed E-state index contributed by atoms with van der Waals surface area (Å²) in [7, 11) is -3.64. The maximum absolute atomic E-state index is 12.4. The van der Waals surface area contributed by atoms with E-state index in [4.69, 9.17) is 0 Å². The Morgan fingerprint density at radius 2 is 2.12 bits per heavy atom. The van der Waals surface area contributed by atoms with Crippen LogP contribution in [0.25, 0.3) is 0 Å². The molecule has 0 bridgehead atoms. The smallest absolute Gasteiger partial charge is 0.251 e. The van der Waals surface area contributed by atoms with Crippen LogP contribution >= 0.6 is 0 Å². The lowest BCUT2D eigenvalue weighted by Gasteiger charge is -2.15. The van der Waals surface area contributed by atoms with Crippen molar-refractivity contribution >= 4 is 15.9 Å². The molecule has 9 heteroatoms. The minimum atomic E-state index is -3.64. The fraction of sp³-hybridized carbons (Fsp3) is 0.333. The molecule has 0 radical (unpaired) electrons. The molecule has 2 aromatic rings. The zero-order valence-corrected chi connectivity index (χ0v) is 13.7. The number of rotatable bonds is 5. The van der Waals surface area contributed by atoms with Crippen LogP contribution in [0.1, 0.15) is 22.6 Å². The number of benzene rings is 1. The van der Waals surface area contributed by atoms with Gasteiger partial charge in [0.15, 0.2) is 0 Å². The number of hydrogen-bond acceptors (Lipinski definition) is 5. The van der Waals surface area contributed by atoms with Gasteiger partial charge in [-0.2, -0.15) is 4.31 Å². The predicted octanol–water partition coefficient (Wildman–Crippen LogP) is 0.0950. The van der Waals surface area contributed by atoms with Gasteiger partial charge < -0.3 is 15.4 Å². The van der Waals surface area contributed by atoms with Crippen LogP contribution < -0.4 is 5.32 Å². The molecule has 1 aliphatic heterocycles. The van der Waals surface area contributed by atoms with Crippen molar-refractivity contribution in [2.45, 2.75) is 24.0 Å². The Hall–Kier alpha value is -2.23. The third-order valence-corrected chi connectivity index (χ3v) is 5.73. The van der Waals surface area contributed by atoms with Gasteiger partial charge in [-0.1, -0.05) is 0 Å². The molecule has 128 valence electrons. The summed E-state index contributed by atoms with van der Waals surface area (Å²) in [5, 5.41) is 12.2. The number of aromatic amines is 1. The fourth-order valence-corrected chi connectivity index (χ4v) is 4.01. The molecule has 1 aromatic heterocycles. The number of nitrogens with zero attached hydrogens (tertiary/aromatic N) is 2. The Morgan fingerprint density at radius 3 is 2.71 bits per heavy atom. The highest BCUT2D eigenvalue weighted by Gasteiger charge is 2.31. The summed E-state index contributed by atoms with van der Waals surface area (Å²) in [6.07, 6.45) is 3.07. The topological polar surface area (TPSA) is 115 Å². The van der Waals surface area contributed by atoms with E-state index in [1.165, 1.54) is 28.6 Å². The van der Waals surface area contributed by atoms with Crippen molar-refractivity contribution < 1.29 is 18.3 Å². The van der Waals surface area contributed by atoms with Gasteiger partial charge in [0.2, 0.25) is 10.0 Å². The van der Waals surface area contributed by atoms with Crippen LogP contribution in [-0.2, 0) is 16.6 Å². The number of H-pyrrole nitrogens is 1. The molecule has 1 saturated heterocycles. The first-order valence-electron chi connectivity index (χ1n) is 7.51. The van der Waals surface area contributed by atoms with Crippen LogP contribution in [0, 0.1) is 0 Å². The van der Waals surface area contributed by atoms with Gasteiger partial charge in [-0.25, -0.2) is 13.4 Å². The molecule has 0 unspecified atom stereocenters. The Balaban J connectivity index is 1.67. The number of aliphatic hydroxyl groups is 1. The van der Waals surface area contributed by atoms with Crippen LogP contribution in [0.5, 0.6) is 0 Å². The van der Waals surface area contributed by atoms with E-state index < -0.39 is 16.1 Å². The van der Waals surface area contributed by atoms with E-state index in [-0.39, 0.29) is 23.9 Å². The molecule has 8 nitrogen and oxygen atoms in total. The average Bonchev–Trinajstić information content (AvgIpc) is 3.24. The molecule has 1 aliphatic rings. The standard InChI is InChI=1S/C15H18N4O4S/c20-12-5-8-19(10-12)24(22,23)13-3-1-11(2-4-13)15(21)18-9-14-16-6-7-17-14/h1-4,6-7,12,20H,5,8-10H2,(H,16,17)(H,18,21)/t12-/m1/s1. The third-order valence-electron chi connectivity index (χ3n) is 3.85. The molecule has 0 saturated carbocycles. The molecule has 1 amide bonds. The maximum atomic E-state index is 12.4. The molecule has 0 aliphatic carbocycles. The number of sulfonamides is 1. The summed E-state index contributed by atoms with van der Waals surface area (Å²) in [5.41, 5.74) is 0.363. The van der Waals surface area contributed by atoms with Crippen LogP contribution in [0.4, 0.5) is 0 Å². The summed E-state index contributed by atoms with van der Waals surface area (Å²) in [4.78, 5) is 19.0. The van der Waals surface area contributed by atoms with Crippen LogP contribution in [0.15, 0.2) is 41.6 Å². The van der Waals surface area contributed by atoms with Crippen molar-refractivity contribution in [2.24, 2.45) is 0 Å². The average molecular weight is 350 g/mol. The number of aromatic nitrogens is 2. The lowest BCUT2D eigenvalue weighted by molar-refractivity contribution is 0.0950. The van der Waals surface area contributed by atoms with E-state index in [0.29, 0.717) is 24.4 Å². The molecule has 1 atom stereocenters. The molecule has 2 heterocycles. The summed E-state index contributed by atoms with van der Waals surface area (Å²) in [5.74, 6) is 0.321. The summed E-state index contributed by atoms with van der Waals surface area (Å²) in [6.45, 7) is 0.667. The molecule has 1 aromatic carbocycles. The molecular formula is C15H18N4O4S. The summed E-state index contributed by atoms with van der Waals surface area (Å²) < 4.78 is 26.1. The highest BCUT2D eigenvalue weighted by Crippen LogP contribution is 2.21. The molecular weight excluding hydrogens is 332 g/mol. The largest absolute Gasteiger partial charge is 0.392 e. The van der Waals surface area contributed by atoms with Gasteiger partial charge in [-0.05, 0) is 30.7 Å². The highest BCUT2D eigenvalue weighted by molar-refractivity contribution is 7.89. The molecule has 3 rings (SSSR count). The van der Waals surface area contributed by atoms with E-state index in [0.717, 1.165) is 0 Å². The molecule has 1 fully saturated rings. The van der Waals surface area contributed by atoms with Gasteiger partial charge in [0.25, 0.3) is 5.91 Å². The van der Waals surface area contributed by atoms with Gasteiger partial charge in [-0.3, -0.25) is 4.79 Å². The zero-order valence-electron chi connectivity index (χ0n) is 12.8. The number of imidazole rings is 1. The first kappa shape index (κ1) is 16.6. The minimum Gasteiger partial charge on any atom is -0.392 e. The first-order valence-corrected chi connectivity index (χ1v) is 8.95. The van der Waals surface area contributed by atoms with Crippen LogP contribution in [-0.4, -0.2) is 52.9 Å². The van der Waals surface area contributed by atoms with Gasteiger partial charge in [-0.15, -0.1) is 0 Å². The minimum absolute atomic E-state index is 0.105. The lowest BCUT2D eigenvalue weighted by atomic mass is 10.2. The first-order chi connectivity index (χ1) is 11.5. The Morgan fingerprint density at radius 1 is 1.38 bits per heavy atom. The number of hydrogen-bond donors (Lipinski definition) is 3. The second-order valence-corrected chi connectivity index (χ2v) is 7.49. The Labute approximate surface area is 139 Å². The van der Waals surface area contributed by atoms with Crippen molar-refractivity contribution in [2.75, 3.05) is 13.1 Å². The van der Waals surface area contributed by atoms with E-state index in [2.05, 4.69) is 15.3 Å². The van der Waals surface area contributed by atoms with Gasteiger partial charge in [0.1, 0.15) is 5.82 Å². The molecule has 3 N–H and O–H groups in total. The van der Waals surface area contributed by atoms with Crippen molar-refractivity contribution in [3.8, 4) is 0 Å². The van der Waals surface area contributed by atoms with Gasteiger partial charge in [0.05, 0.1) is 17.5 Å². The Kier molecular flexibility index (Phi) is 4.65. The maximum Gasteiger partial charge on any atom is 0.251 e. The van der Waals surface area contributed by atoms with Crippen LogP contribution in [0.3, 0.4) is 0 Å². The molecule has 0 spiro atoms. The van der Waals surface area contributed by atoms with E-state index in [9.17, 15) is 18.3 Å². The van der Waals surface area contributed by atoms with Gasteiger partial charge in [0, 0.05) is 31.0 Å². The number of nitrogens with one attached hydrogen (secondary N) is 2. The summed E-state index contributed by atoms with van der Waals surface area (Å²) >= 11 is 0. The summed E-state index contributed by atoms with van der Waals surface area (Å²) in [6, 6.07) is 5.75. The number of carbonyl (C=O) groups excluding carboxylic acids is 1. The van der Waals surface area contributed by atoms with E-state index in [1.807, 2.05) is 0 Å². The fourth-order valence-electron chi connectivity index (χ4n) is 2.52. The second-order valence-electron chi connectivity index (χ2n) is 5.55. The zero-order chi connectivity index (χ0) is 17.2.